The van der Waals surface area contributed by atoms with Crippen LogP contribution in [0.4, 0.5) is 0 Å². The van der Waals surface area contributed by atoms with Crippen molar-refractivity contribution in [1.29, 1.82) is 0 Å². The van der Waals surface area contributed by atoms with Gasteiger partial charge in [0.15, 0.2) is 0 Å². The van der Waals surface area contributed by atoms with E-state index < -0.39 is 5.60 Å². The van der Waals surface area contributed by atoms with Gasteiger partial charge >= 0.3 is 0 Å². The van der Waals surface area contributed by atoms with Gasteiger partial charge < -0.3 is 14.7 Å². The highest BCUT2D eigenvalue weighted by molar-refractivity contribution is 7.12. The van der Waals surface area contributed by atoms with E-state index in [0.717, 1.165) is 36.7 Å². The Balaban J connectivity index is 1.61. The monoisotopic (exact) mass is 310 g/mol. The Morgan fingerprint density at radius 2 is 2.19 bits per heavy atom. The lowest BCUT2D eigenvalue weighted by Crippen LogP contribution is -2.49. The fraction of sp³-hybridized carbons (Fsp3) is 0.667. The van der Waals surface area contributed by atoms with Crippen LogP contribution in [0, 0.1) is 6.92 Å². The van der Waals surface area contributed by atoms with Crippen LogP contribution in [0.3, 0.4) is 0 Å². The number of thiophene rings is 1. The molecule has 0 aromatic carbocycles. The first kappa shape index (κ1) is 15.0. The van der Waals surface area contributed by atoms with E-state index >= 15 is 0 Å². The second-order valence-corrected chi connectivity index (χ2v) is 6.94. The van der Waals surface area contributed by atoms with Crippen LogP contribution in [0.1, 0.15) is 21.7 Å². The molecule has 116 valence electrons. The molecule has 1 amide bonds. The number of hydrogen-bond donors (Lipinski definition) is 1. The molecule has 1 aromatic rings. The largest absolute Gasteiger partial charge is 0.387 e. The van der Waals surface area contributed by atoms with Crippen LogP contribution in [-0.2, 0) is 4.74 Å². The number of aliphatic hydroxyl groups is 1. The molecule has 0 aliphatic carbocycles. The van der Waals surface area contributed by atoms with E-state index in [-0.39, 0.29) is 5.91 Å². The lowest BCUT2D eigenvalue weighted by atomic mass is 10.0. The summed E-state index contributed by atoms with van der Waals surface area (Å²) in [6, 6.07) is 1.97. The summed E-state index contributed by atoms with van der Waals surface area (Å²) in [5.74, 6) is 0.0559. The molecule has 0 radical (unpaired) electrons. The second-order valence-electron chi connectivity index (χ2n) is 6.02. The highest BCUT2D eigenvalue weighted by Gasteiger charge is 2.40. The number of aryl methyl sites for hydroxylation is 1. The molecule has 3 heterocycles. The molecule has 6 heteroatoms. The summed E-state index contributed by atoms with van der Waals surface area (Å²) in [4.78, 5) is 17.3. The third kappa shape index (κ3) is 3.29. The maximum atomic E-state index is 12.5. The summed E-state index contributed by atoms with van der Waals surface area (Å²) in [6.45, 7) is 6.83. The van der Waals surface area contributed by atoms with Gasteiger partial charge in [-0.3, -0.25) is 9.69 Å². The van der Waals surface area contributed by atoms with E-state index in [9.17, 15) is 9.90 Å². The molecule has 1 atom stereocenters. The zero-order valence-corrected chi connectivity index (χ0v) is 13.2. The van der Waals surface area contributed by atoms with Gasteiger partial charge in [0, 0.05) is 26.2 Å². The van der Waals surface area contributed by atoms with Crippen LogP contribution in [-0.4, -0.2) is 72.4 Å². The first-order chi connectivity index (χ1) is 10.1. The van der Waals surface area contributed by atoms with Gasteiger partial charge in [-0.05, 0) is 30.4 Å². The predicted octanol–water partition coefficient (Wildman–Crippen LogP) is 0.966. The molecule has 2 fully saturated rings. The van der Waals surface area contributed by atoms with Crippen molar-refractivity contribution in [3.05, 3.63) is 21.9 Å². The molecule has 2 saturated heterocycles. The Labute approximate surface area is 129 Å². The minimum Gasteiger partial charge on any atom is -0.387 e. The van der Waals surface area contributed by atoms with Crippen LogP contribution < -0.4 is 0 Å². The Bertz CT molecular complexity index is 513. The molecule has 0 bridgehead atoms. The molecule has 1 N–H and O–H groups in total. The average Bonchev–Trinajstić information content (AvgIpc) is 3.06. The molecule has 2 aliphatic heterocycles. The summed E-state index contributed by atoms with van der Waals surface area (Å²) in [5.41, 5.74) is 0.242. The summed E-state index contributed by atoms with van der Waals surface area (Å²) in [5, 5.41) is 12.7. The summed E-state index contributed by atoms with van der Waals surface area (Å²) in [7, 11) is 0. The summed E-state index contributed by atoms with van der Waals surface area (Å²) in [6.07, 6.45) is 0.653. The molecule has 3 rings (SSSR count). The molecule has 1 aromatic heterocycles. The fourth-order valence-corrected chi connectivity index (χ4v) is 3.96. The zero-order chi connectivity index (χ0) is 14.9. The van der Waals surface area contributed by atoms with Crippen LogP contribution in [0.25, 0.3) is 0 Å². The predicted molar refractivity (Wildman–Crippen MR) is 81.8 cm³/mol. The molecule has 0 unspecified atom stereocenters. The van der Waals surface area contributed by atoms with Crippen LogP contribution in [0.15, 0.2) is 11.4 Å². The van der Waals surface area contributed by atoms with Crippen molar-refractivity contribution < 1.29 is 14.6 Å². The molecular weight excluding hydrogens is 288 g/mol. The third-order valence-electron chi connectivity index (χ3n) is 4.30. The van der Waals surface area contributed by atoms with Gasteiger partial charge in [0.2, 0.25) is 0 Å². The van der Waals surface area contributed by atoms with Gasteiger partial charge in [0.25, 0.3) is 5.91 Å². The van der Waals surface area contributed by atoms with Gasteiger partial charge in [0.1, 0.15) is 0 Å². The topological polar surface area (TPSA) is 53.0 Å². The normalized spacial score (nSPS) is 27.2. The Morgan fingerprint density at radius 1 is 1.43 bits per heavy atom. The number of carbonyl (C=O) groups is 1. The molecule has 2 aliphatic rings. The van der Waals surface area contributed by atoms with Crippen molar-refractivity contribution in [3.8, 4) is 0 Å². The third-order valence-corrected chi connectivity index (χ3v) is 5.30. The van der Waals surface area contributed by atoms with Gasteiger partial charge in [0.05, 0.1) is 30.2 Å². The zero-order valence-electron chi connectivity index (χ0n) is 12.4. The van der Waals surface area contributed by atoms with Crippen molar-refractivity contribution in [2.24, 2.45) is 0 Å². The van der Waals surface area contributed by atoms with Gasteiger partial charge in [-0.25, -0.2) is 0 Å². The minimum absolute atomic E-state index is 0.0559. The Morgan fingerprint density at radius 3 is 2.86 bits per heavy atom. The van der Waals surface area contributed by atoms with E-state index in [0.29, 0.717) is 26.1 Å². The number of morpholine rings is 1. The maximum Gasteiger partial charge on any atom is 0.264 e. The standard InChI is InChI=1S/C15H22N2O3S/c1-12-2-9-21-13(12)14(18)17-4-3-15(19,11-17)10-16-5-7-20-8-6-16/h2,9,19H,3-8,10-11H2,1H3/t15-/m1/s1. The Hall–Kier alpha value is -0.950. The van der Waals surface area contributed by atoms with Crippen LogP contribution >= 0.6 is 11.3 Å². The van der Waals surface area contributed by atoms with Crippen molar-refractivity contribution in [3.63, 3.8) is 0 Å². The maximum absolute atomic E-state index is 12.5. The highest BCUT2D eigenvalue weighted by atomic mass is 32.1. The number of hydrogen-bond acceptors (Lipinski definition) is 5. The minimum atomic E-state index is -0.780. The first-order valence-corrected chi connectivity index (χ1v) is 8.31. The lowest BCUT2D eigenvalue weighted by molar-refractivity contribution is -0.0257. The van der Waals surface area contributed by atoms with E-state index in [1.807, 2.05) is 18.4 Å². The molecule has 0 spiro atoms. The number of carbonyl (C=O) groups excluding carboxylic acids is 1. The number of likely N-dealkylation sites (tertiary alicyclic amines) is 1. The summed E-state index contributed by atoms with van der Waals surface area (Å²) >= 11 is 1.48. The summed E-state index contributed by atoms with van der Waals surface area (Å²) < 4.78 is 5.33. The van der Waals surface area contributed by atoms with E-state index in [1.165, 1.54) is 11.3 Å². The van der Waals surface area contributed by atoms with Gasteiger partial charge in [-0.1, -0.05) is 0 Å². The molecule has 5 nitrogen and oxygen atoms in total. The number of amides is 1. The van der Waals surface area contributed by atoms with Crippen LogP contribution in [0.5, 0.6) is 0 Å². The fourth-order valence-electron chi connectivity index (χ4n) is 3.07. The molecule has 21 heavy (non-hydrogen) atoms. The number of β-amino-alcohol motifs (C(OH)–C–C–N with tert-alkyl or cyclic N) is 1. The van der Waals surface area contributed by atoms with E-state index in [1.54, 1.807) is 4.90 Å². The number of ether oxygens (including phenoxy) is 1. The number of nitrogens with zero attached hydrogens (tertiary/aromatic N) is 2. The van der Waals surface area contributed by atoms with Crippen molar-refractivity contribution >= 4 is 17.2 Å². The smallest absolute Gasteiger partial charge is 0.264 e. The SMILES string of the molecule is Cc1ccsc1C(=O)N1CC[C@@](O)(CN2CCOCC2)C1. The van der Waals surface area contributed by atoms with Crippen molar-refractivity contribution in [2.75, 3.05) is 45.9 Å². The average molecular weight is 310 g/mol. The number of rotatable bonds is 3. The quantitative estimate of drug-likeness (QED) is 0.904. The van der Waals surface area contributed by atoms with Gasteiger partial charge in [-0.15, -0.1) is 11.3 Å². The first-order valence-electron chi connectivity index (χ1n) is 7.43. The van der Waals surface area contributed by atoms with Crippen molar-refractivity contribution in [2.45, 2.75) is 18.9 Å². The second kappa shape index (κ2) is 6.04. The Kier molecular flexibility index (Phi) is 4.31. The molecule has 0 saturated carbocycles. The lowest BCUT2D eigenvalue weighted by Gasteiger charge is -2.33. The van der Waals surface area contributed by atoms with E-state index in [2.05, 4.69) is 4.90 Å². The molecular formula is C15H22N2O3S. The van der Waals surface area contributed by atoms with Crippen molar-refractivity contribution in [1.82, 2.24) is 9.80 Å². The highest BCUT2D eigenvalue weighted by Crippen LogP contribution is 2.26. The van der Waals surface area contributed by atoms with Gasteiger partial charge in [-0.2, -0.15) is 0 Å². The van der Waals surface area contributed by atoms with E-state index in [4.69, 9.17) is 4.74 Å². The van der Waals surface area contributed by atoms with Crippen LogP contribution in [0.2, 0.25) is 0 Å².